The van der Waals surface area contributed by atoms with Gasteiger partial charge in [-0.25, -0.2) is 4.39 Å². The summed E-state index contributed by atoms with van der Waals surface area (Å²) < 4.78 is 22.2. The Bertz CT molecular complexity index is 1640. The van der Waals surface area contributed by atoms with Crippen LogP contribution in [-0.4, -0.2) is 108 Å². The summed E-state index contributed by atoms with van der Waals surface area (Å²) in [6.07, 6.45) is -2.14. The van der Waals surface area contributed by atoms with E-state index < -0.39 is 23.5 Å². The third-order valence-electron chi connectivity index (χ3n) is 7.72. The van der Waals surface area contributed by atoms with Gasteiger partial charge in [0.05, 0.1) is 24.2 Å². The van der Waals surface area contributed by atoms with E-state index in [0.717, 1.165) is 32.0 Å². The molecule has 3 aromatic rings. The first-order valence-corrected chi connectivity index (χ1v) is 14.6. The number of anilines is 3. The average Bonchev–Trinajstić information content (AvgIpc) is 3.77. The maximum atomic E-state index is 15.1. The van der Waals surface area contributed by atoms with Gasteiger partial charge in [-0.3, -0.25) is 29.3 Å². The van der Waals surface area contributed by atoms with Crippen LogP contribution >= 0.6 is 0 Å². The Morgan fingerprint density at radius 3 is 2.33 bits per heavy atom. The second-order valence-electron chi connectivity index (χ2n) is 11.5. The molecule has 0 spiro atoms. The van der Waals surface area contributed by atoms with Gasteiger partial charge >= 0.3 is 6.10 Å². The molecule has 1 aromatic carbocycles. The molecule has 5 rings (SSSR count). The molecule has 246 valence electrons. The van der Waals surface area contributed by atoms with Gasteiger partial charge in [0.2, 0.25) is 5.91 Å². The zero-order chi connectivity index (χ0) is 33.3. The van der Waals surface area contributed by atoms with E-state index in [-0.39, 0.29) is 51.9 Å². The summed E-state index contributed by atoms with van der Waals surface area (Å²) in [4.78, 5) is 42.5. The van der Waals surface area contributed by atoms with E-state index in [2.05, 4.69) is 44.7 Å². The van der Waals surface area contributed by atoms with Crippen LogP contribution in [0.25, 0.3) is 11.3 Å². The van der Waals surface area contributed by atoms with E-state index in [1.807, 2.05) is 0 Å². The molecule has 0 bridgehead atoms. The molecule has 2 fully saturated rings. The number of rotatable bonds is 10. The summed E-state index contributed by atoms with van der Waals surface area (Å²) in [6.45, 7) is 6.81. The van der Waals surface area contributed by atoms with Crippen molar-refractivity contribution in [1.29, 1.82) is 0 Å². The molecule has 0 radical (unpaired) electrons. The Kier molecular flexibility index (Phi) is 9.20. The van der Waals surface area contributed by atoms with E-state index >= 15 is 4.39 Å². The quantitative estimate of drug-likeness (QED) is 0.168. The predicted molar refractivity (Wildman–Crippen MR) is 161 cm³/mol. The molecule has 1 saturated heterocycles. The number of aryl methyl sites for hydroxylation is 1. The maximum absolute atomic E-state index is 15.1. The molecular weight excluding hydrogens is 605 g/mol. The predicted octanol–water partition coefficient (Wildman–Crippen LogP) is 0.601. The number of ether oxygens (including phenoxy) is 1. The summed E-state index contributed by atoms with van der Waals surface area (Å²) in [7, 11) is 2.95. The van der Waals surface area contributed by atoms with Crippen molar-refractivity contribution in [2.24, 2.45) is 13.0 Å². The lowest BCUT2D eigenvalue weighted by molar-refractivity contribution is -0.323. The van der Waals surface area contributed by atoms with Crippen LogP contribution in [0.3, 0.4) is 0 Å². The fourth-order valence-electron chi connectivity index (χ4n) is 5.15. The lowest BCUT2D eigenvalue weighted by Gasteiger charge is -2.36. The number of amides is 3. The standard InChI is InChI=1S/C29H36FN9O7/c1-15(2)38-7-9-39(10-8-38)28(42)22-13-19(36-37(22)3)18-11-17(30)12-21(25(18)46-4)31-20-14-23(32-26(40)16-5-6-16)34-35-24(20)27(41)33-29(43,44)45/h11-16,43-45H,5-10H2,1-4H3,(H,33,41)(H2,31,32,34,40). The molecule has 1 saturated carbocycles. The van der Waals surface area contributed by atoms with Gasteiger partial charge in [-0.1, -0.05) is 0 Å². The van der Waals surface area contributed by atoms with E-state index in [1.54, 1.807) is 18.0 Å². The maximum Gasteiger partial charge on any atom is 0.369 e. The lowest BCUT2D eigenvalue weighted by Crippen LogP contribution is -2.51. The molecule has 3 amide bonds. The molecule has 1 aliphatic carbocycles. The number of halogens is 1. The van der Waals surface area contributed by atoms with Gasteiger partial charge in [-0.2, -0.15) is 5.10 Å². The average molecular weight is 642 g/mol. The number of methoxy groups -OCH3 is 1. The lowest BCUT2D eigenvalue weighted by atomic mass is 10.1. The molecule has 2 aliphatic rings. The highest BCUT2D eigenvalue weighted by Crippen LogP contribution is 2.39. The van der Waals surface area contributed by atoms with Crippen molar-refractivity contribution in [2.45, 2.75) is 38.8 Å². The topological polar surface area (TPSA) is 207 Å². The third-order valence-corrected chi connectivity index (χ3v) is 7.72. The Morgan fingerprint density at radius 2 is 1.72 bits per heavy atom. The van der Waals surface area contributed by atoms with Crippen molar-refractivity contribution in [3.63, 3.8) is 0 Å². The smallest absolute Gasteiger partial charge is 0.369 e. The molecule has 0 unspecified atom stereocenters. The number of carbonyl (C=O) groups excluding carboxylic acids is 3. The second kappa shape index (κ2) is 13.0. The van der Waals surface area contributed by atoms with Crippen molar-refractivity contribution in [2.75, 3.05) is 43.9 Å². The van der Waals surface area contributed by atoms with Crippen LogP contribution in [0.4, 0.5) is 21.6 Å². The van der Waals surface area contributed by atoms with Crippen LogP contribution in [0.1, 0.15) is 47.7 Å². The number of nitrogens with zero attached hydrogens (tertiary/aromatic N) is 6. The molecule has 2 aromatic heterocycles. The first-order valence-electron chi connectivity index (χ1n) is 14.6. The first-order chi connectivity index (χ1) is 21.7. The fourth-order valence-corrected chi connectivity index (χ4v) is 5.15. The summed E-state index contributed by atoms with van der Waals surface area (Å²) in [5, 5.41) is 46.8. The summed E-state index contributed by atoms with van der Waals surface area (Å²) in [5.74, 6) is -2.65. The number of aromatic nitrogens is 4. The minimum Gasteiger partial charge on any atom is -0.494 e. The zero-order valence-electron chi connectivity index (χ0n) is 25.7. The Hall–Kier alpha value is -4.71. The molecule has 6 N–H and O–H groups in total. The van der Waals surface area contributed by atoms with Gasteiger partial charge < -0.3 is 35.6 Å². The fraction of sp³-hybridized carbons (Fsp3) is 0.448. The Balaban J connectivity index is 1.48. The van der Waals surface area contributed by atoms with Crippen LogP contribution in [0, 0.1) is 11.7 Å². The van der Waals surface area contributed by atoms with E-state index in [0.29, 0.717) is 24.8 Å². The molecule has 3 heterocycles. The normalized spacial score (nSPS) is 15.5. The molecule has 1 aliphatic heterocycles. The number of benzene rings is 1. The number of aliphatic hydroxyl groups is 3. The van der Waals surface area contributed by atoms with Crippen LogP contribution < -0.4 is 20.7 Å². The monoisotopic (exact) mass is 641 g/mol. The van der Waals surface area contributed by atoms with Crippen LogP contribution in [0.2, 0.25) is 0 Å². The van der Waals surface area contributed by atoms with Gasteiger partial charge in [0.15, 0.2) is 17.3 Å². The molecule has 16 nitrogen and oxygen atoms in total. The van der Waals surface area contributed by atoms with E-state index in [4.69, 9.17) is 4.74 Å². The zero-order valence-corrected chi connectivity index (χ0v) is 25.7. The van der Waals surface area contributed by atoms with Crippen molar-refractivity contribution in [3.05, 3.63) is 41.5 Å². The van der Waals surface area contributed by atoms with Gasteiger partial charge in [-0.05, 0) is 38.8 Å². The Labute approximate surface area is 263 Å². The largest absolute Gasteiger partial charge is 0.494 e. The van der Waals surface area contributed by atoms with Crippen molar-refractivity contribution in [1.82, 2.24) is 35.1 Å². The molecular formula is C29H36FN9O7. The highest BCUT2D eigenvalue weighted by molar-refractivity contribution is 6.00. The third kappa shape index (κ3) is 7.39. The van der Waals surface area contributed by atoms with Gasteiger partial charge in [0.1, 0.15) is 11.5 Å². The number of hydrogen-bond acceptors (Lipinski definition) is 12. The highest BCUT2D eigenvalue weighted by atomic mass is 19.1. The van der Waals surface area contributed by atoms with Crippen LogP contribution in [0.5, 0.6) is 5.75 Å². The first kappa shape index (κ1) is 32.7. The number of carbonyl (C=O) groups is 3. The number of piperazine rings is 1. The SMILES string of the molecule is COc1c(Nc2cc(NC(=O)C3CC3)nnc2C(=O)NC(O)(O)O)cc(F)cc1-c1cc(C(=O)N2CCN(C(C)C)CC2)n(C)n1. The van der Waals surface area contributed by atoms with Crippen molar-refractivity contribution in [3.8, 4) is 17.0 Å². The summed E-state index contributed by atoms with van der Waals surface area (Å²) in [5.41, 5.74) is 0.00465. The number of nitrogens with one attached hydrogen (secondary N) is 3. The van der Waals surface area contributed by atoms with Crippen LogP contribution in [0.15, 0.2) is 24.3 Å². The van der Waals surface area contributed by atoms with Gasteiger partial charge in [-0.15, -0.1) is 10.2 Å². The summed E-state index contributed by atoms with van der Waals surface area (Å²) in [6, 6.07) is 5.40. The highest BCUT2D eigenvalue weighted by Gasteiger charge is 2.31. The Morgan fingerprint density at radius 1 is 1.02 bits per heavy atom. The minimum absolute atomic E-state index is 0.00869. The molecule has 0 atom stereocenters. The van der Waals surface area contributed by atoms with Crippen LogP contribution in [-0.2, 0) is 11.8 Å². The number of hydrogen-bond donors (Lipinski definition) is 6. The van der Waals surface area contributed by atoms with Gasteiger partial charge in [0.25, 0.3) is 11.8 Å². The van der Waals surface area contributed by atoms with Crippen molar-refractivity contribution >= 4 is 34.9 Å². The van der Waals surface area contributed by atoms with Gasteiger partial charge in [0, 0.05) is 62.9 Å². The molecule has 46 heavy (non-hydrogen) atoms. The molecule has 17 heteroatoms. The minimum atomic E-state index is -3.57. The van der Waals surface area contributed by atoms with Crippen molar-refractivity contribution < 1.29 is 38.8 Å². The van der Waals surface area contributed by atoms with E-state index in [1.165, 1.54) is 29.2 Å². The van der Waals surface area contributed by atoms with E-state index in [9.17, 15) is 29.7 Å². The summed E-state index contributed by atoms with van der Waals surface area (Å²) >= 11 is 0. The second-order valence-corrected chi connectivity index (χ2v) is 11.5.